The molecule has 1 aliphatic rings. The molecule has 2 heterocycles. The molecule has 1 aromatic heterocycles. The van der Waals surface area contributed by atoms with E-state index in [4.69, 9.17) is 4.52 Å². The monoisotopic (exact) mass is 324 g/mol. The van der Waals surface area contributed by atoms with Crippen LogP contribution >= 0.6 is 11.8 Å². The summed E-state index contributed by atoms with van der Waals surface area (Å²) >= 11 is 1.41. The molecule has 0 spiro atoms. The SMILES string of the molecule is Cc1cc(CS[C@H]2CCN(c3c(F)cccc3F)C2=O)no1. The summed E-state index contributed by atoms with van der Waals surface area (Å²) in [6, 6.07) is 5.41. The van der Waals surface area contributed by atoms with Crippen molar-refractivity contribution >= 4 is 23.4 Å². The van der Waals surface area contributed by atoms with Crippen molar-refractivity contribution in [3.8, 4) is 0 Å². The Morgan fingerprint density at radius 2 is 2.14 bits per heavy atom. The molecule has 3 rings (SSSR count). The maximum absolute atomic E-state index is 13.8. The average molecular weight is 324 g/mol. The third kappa shape index (κ3) is 2.85. The summed E-state index contributed by atoms with van der Waals surface area (Å²) in [6.07, 6.45) is 0.550. The third-order valence-corrected chi connectivity index (χ3v) is 4.78. The Morgan fingerprint density at radius 1 is 1.41 bits per heavy atom. The molecule has 2 aromatic rings. The molecule has 1 atom stereocenters. The van der Waals surface area contributed by atoms with Crippen molar-refractivity contribution in [3.05, 3.63) is 47.4 Å². The van der Waals surface area contributed by atoms with E-state index in [0.717, 1.165) is 17.8 Å². The maximum atomic E-state index is 13.8. The van der Waals surface area contributed by atoms with Gasteiger partial charge < -0.3 is 9.42 Å². The molecular formula is C15H14F2N2O2S. The van der Waals surface area contributed by atoms with Gasteiger partial charge >= 0.3 is 0 Å². The number of halogens is 2. The molecular weight excluding hydrogens is 310 g/mol. The highest BCUT2D eigenvalue weighted by Gasteiger charge is 2.35. The summed E-state index contributed by atoms with van der Waals surface area (Å²) in [5.74, 6) is -0.462. The Morgan fingerprint density at radius 3 is 2.77 bits per heavy atom. The molecule has 1 amide bonds. The Balaban J connectivity index is 1.69. The summed E-state index contributed by atoms with van der Waals surface area (Å²) in [5, 5.41) is 3.54. The molecule has 22 heavy (non-hydrogen) atoms. The number of amides is 1. The fourth-order valence-electron chi connectivity index (χ4n) is 2.45. The van der Waals surface area contributed by atoms with Crippen molar-refractivity contribution in [1.82, 2.24) is 5.16 Å². The highest BCUT2D eigenvalue weighted by molar-refractivity contribution is 7.99. The van der Waals surface area contributed by atoms with Crippen molar-refractivity contribution in [2.45, 2.75) is 24.3 Å². The number of hydrogen-bond donors (Lipinski definition) is 0. The fourth-order valence-corrected chi connectivity index (χ4v) is 3.50. The lowest BCUT2D eigenvalue weighted by Crippen LogP contribution is -2.29. The molecule has 116 valence electrons. The zero-order chi connectivity index (χ0) is 15.7. The minimum Gasteiger partial charge on any atom is -0.361 e. The number of hydrogen-bond acceptors (Lipinski definition) is 4. The quantitative estimate of drug-likeness (QED) is 0.866. The minimum atomic E-state index is -0.717. The second-order valence-corrected chi connectivity index (χ2v) is 6.27. The Labute approximate surface area is 130 Å². The predicted molar refractivity (Wildman–Crippen MR) is 79.7 cm³/mol. The predicted octanol–water partition coefficient (Wildman–Crippen LogP) is 3.30. The van der Waals surface area contributed by atoms with E-state index in [1.54, 1.807) is 13.0 Å². The van der Waals surface area contributed by atoms with E-state index in [-0.39, 0.29) is 16.8 Å². The number of benzene rings is 1. The lowest BCUT2D eigenvalue weighted by Gasteiger charge is -2.18. The van der Waals surface area contributed by atoms with Gasteiger partial charge in [0.15, 0.2) is 0 Å². The van der Waals surface area contributed by atoms with Crippen molar-refractivity contribution < 1.29 is 18.1 Å². The van der Waals surface area contributed by atoms with Crippen molar-refractivity contribution in [2.24, 2.45) is 0 Å². The average Bonchev–Trinajstić information content (AvgIpc) is 3.04. The number of para-hydroxylation sites is 1. The van der Waals surface area contributed by atoms with Gasteiger partial charge in [-0.05, 0) is 25.5 Å². The van der Waals surface area contributed by atoms with Gasteiger partial charge in [0.25, 0.3) is 0 Å². The van der Waals surface area contributed by atoms with Crippen LogP contribution in [0.3, 0.4) is 0 Å². The largest absolute Gasteiger partial charge is 0.361 e. The van der Waals surface area contributed by atoms with Crippen LogP contribution < -0.4 is 4.90 Å². The molecule has 1 fully saturated rings. The molecule has 7 heteroatoms. The zero-order valence-corrected chi connectivity index (χ0v) is 12.7. The van der Waals surface area contributed by atoms with E-state index in [2.05, 4.69) is 5.16 Å². The van der Waals surface area contributed by atoms with E-state index >= 15 is 0 Å². The van der Waals surface area contributed by atoms with Crippen LogP contribution in [-0.2, 0) is 10.5 Å². The number of nitrogens with zero attached hydrogens (tertiary/aromatic N) is 2. The zero-order valence-electron chi connectivity index (χ0n) is 11.9. The van der Waals surface area contributed by atoms with Gasteiger partial charge in [-0.25, -0.2) is 8.78 Å². The Bertz CT molecular complexity index is 684. The lowest BCUT2D eigenvalue weighted by atomic mass is 10.2. The Hall–Kier alpha value is -1.89. The van der Waals surface area contributed by atoms with Gasteiger partial charge in [0.2, 0.25) is 5.91 Å². The van der Waals surface area contributed by atoms with Gasteiger partial charge in [-0.15, -0.1) is 11.8 Å². The van der Waals surface area contributed by atoms with Crippen LogP contribution in [0.15, 0.2) is 28.8 Å². The number of carbonyl (C=O) groups is 1. The summed E-state index contributed by atoms with van der Waals surface area (Å²) in [4.78, 5) is 13.6. The molecule has 1 aliphatic heterocycles. The first-order valence-corrected chi connectivity index (χ1v) is 7.90. The van der Waals surface area contributed by atoms with Gasteiger partial charge in [-0.1, -0.05) is 11.2 Å². The van der Waals surface area contributed by atoms with Crippen LogP contribution in [0.1, 0.15) is 17.9 Å². The van der Waals surface area contributed by atoms with Crippen molar-refractivity contribution in [3.63, 3.8) is 0 Å². The van der Waals surface area contributed by atoms with E-state index in [1.165, 1.54) is 22.7 Å². The smallest absolute Gasteiger partial charge is 0.240 e. The number of carbonyl (C=O) groups excluding carboxylic acids is 1. The Kier molecular flexibility index (Phi) is 4.15. The molecule has 0 aliphatic carbocycles. The first-order valence-electron chi connectivity index (χ1n) is 6.85. The van der Waals surface area contributed by atoms with Gasteiger partial charge in [0.05, 0.1) is 10.9 Å². The summed E-state index contributed by atoms with van der Waals surface area (Å²) in [5.41, 5.74) is 0.499. The second kappa shape index (κ2) is 6.08. The van der Waals surface area contributed by atoms with Crippen molar-refractivity contribution in [2.75, 3.05) is 11.4 Å². The molecule has 0 N–H and O–H groups in total. The van der Waals surface area contributed by atoms with Gasteiger partial charge in [-0.2, -0.15) is 0 Å². The van der Waals surface area contributed by atoms with E-state index < -0.39 is 11.6 Å². The summed E-state index contributed by atoms with van der Waals surface area (Å²) in [7, 11) is 0. The van der Waals surface area contributed by atoms with E-state index in [0.29, 0.717) is 24.5 Å². The number of thioether (sulfide) groups is 1. The number of rotatable bonds is 4. The first-order chi connectivity index (χ1) is 10.6. The molecule has 0 radical (unpaired) electrons. The van der Waals surface area contributed by atoms with Crippen LogP contribution in [0.2, 0.25) is 0 Å². The molecule has 1 aromatic carbocycles. The standard InChI is InChI=1S/C15H14F2N2O2S/c1-9-7-10(18-21-9)8-22-13-5-6-19(15(13)20)14-11(16)3-2-4-12(14)17/h2-4,7,13H,5-6,8H2,1H3/t13-/m0/s1. The van der Waals surface area contributed by atoms with Crippen LogP contribution in [0, 0.1) is 18.6 Å². The topological polar surface area (TPSA) is 46.3 Å². The van der Waals surface area contributed by atoms with Crippen LogP contribution in [0.5, 0.6) is 0 Å². The van der Waals surface area contributed by atoms with Crippen LogP contribution in [0.4, 0.5) is 14.5 Å². The lowest BCUT2D eigenvalue weighted by molar-refractivity contribution is -0.116. The molecule has 0 bridgehead atoms. The molecule has 0 saturated carbocycles. The normalized spacial score (nSPS) is 18.2. The maximum Gasteiger partial charge on any atom is 0.240 e. The summed E-state index contributed by atoms with van der Waals surface area (Å²) < 4.78 is 32.6. The van der Waals surface area contributed by atoms with Crippen molar-refractivity contribution in [1.29, 1.82) is 0 Å². The summed E-state index contributed by atoms with van der Waals surface area (Å²) in [6.45, 7) is 2.11. The van der Waals surface area contributed by atoms with E-state index in [9.17, 15) is 13.6 Å². The van der Waals surface area contributed by atoms with E-state index in [1.807, 2.05) is 0 Å². The van der Waals surface area contributed by atoms with Gasteiger partial charge in [0, 0.05) is 18.4 Å². The highest BCUT2D eigenvalue weighted by Crippen LogP contribution is 2.33. The minimum absolute atomic E-state index is 0.257. The molecule has 0 unspecified atom stereocenters. The first kappa shape index (κ1) is 15.0. The van der Waals surface area contributed by atoms with Crippen LogP contribution in [0.25, 0.3) is 0 Å². The van der Waals surface area contributed by atoms with Gasteiger partial charge in [0.1, 0.15) is 23.1 Å². The highest BCUT2D eigenvalue weighted by atomic mass is 32.2. The van der Waals surface area contributed by atoms with Gasteiger partial charge in [-0.3, -0.25) is 4.79 Å². The number of aromatic nitrogens is 1. The molecule has 4 nitrogen and oxygen atoms in total. The second-order valence-electron chi connectivity index (χ2n) is 5.08. The number of anilines is 1. The number of aryl methyl sites for hydroxylation is 1. The van der Waals surface area contributed by atoms with Crippen LogP contribution in [-0.4, -0.2) is 22.9 Å². The fraction of sp³-hybridized carbons (Fsp3) is 0.333. The third-order valence-electron chi connectivity index (χ3n) is 3.47. The molecule has 1 saturated heterocycles.